The maximum atomic E-state index is 11.2. The lowest BCUT2D eigenvalue weighted by Crippen LogP contribution is -2.54. The van der Waals surface area contributed by atoms with Crippen molar-refractivity contribution in [3.63, 3.8) is 0 Å². The highest BCUT2D eigenvalue weighted by Gasteiger charge is 2.57. The molecule has 0 heterocycles. The van der Waals surface area contributed by atoms with Crippen LogP contribution in [0.25, 0.3) is 0 Å². The highest BCUT2D eigenvalue weighted by atomic mass is 16.6. The van der Waals surface area contributed by atoms with Gasteiger partial charge < -0.3 is 0 Å². The number of rotatable bonds is 5. The quantitative estimate of drug-likeness (QED) is 0.536. The van der Waals surface area contributed by atoms with E-state index in [9.17, 15) is 20.2 Å². The Morgan fingerprint density at radius 3 is 2.12 bits per heavy atom. The molecule has 1 aliphatic rings. The zero-order valence-corrected chi connectivity index (χ0v) is 9.55. The molecule has 0 spiro atoms. The number of hydrogen-bond donors (Lipinski definition) is 0. The van der Waals surface area contributed by atoms with Gasteiger partial charge in [0, 0.05) is 29.1 Å². The molecule has 6 heteroatoms. The molecule has 0 aromatic carbocycles. The predicted molar refractivity (Wildman–Crippen MR) is 58.5 cm³/mol. The average Bonchev–Trinajstić information content (AvgIpc) is 2.26. The van der Waals surface area contributed by atoms with Crippen LogP contribution in [-0.2, 0) is 0 Å². The molecule has 6 nitrogen and oxygen atoms in total. The normalized spacial score (nSPS) is 21.3. The van der Waals surface area contributed by atoms with E-state index in [1.54, 1.807) is 0 Å². The van der Waals surface area contributed by atoms with E-state index >= 15 is 0 Å². The Labute approximate surface area is 94.3 Å². The molecular weight excluding hydrogens is 212 g/mol. The fourth-order valence-corrected chi connectivity index (χ4v) is 2.65. The van der Waals surface area contributed by atoms with Gasteiger partial charge in [-0.15, -0.1) is 0 Å². The zero-order valence-electron chi connectivity index (χ0n) is 9.55. The first kappa shape index (κ1) is 12.9. The molecular formula is C10H18N2O4. The summed E-state index contributed by atoms with van der Waals surface area (Å²) < 4.78 is 0. The summed E-state index contributed by atoms with van der Waals surface area (Å²) >= 11 is 0. The molecule has 0 aromatic rings. The molecule has 1 rings (SSSR count). The largest absolute Gasteiger partial charge is 0.287 e. The first-order chi connectivity index (χ1) is 7.54. The van der Waals surface area contributed by atoms with Gasteiger partial charge in [0.05, 0.1) is 0 Å². The second kappa shape index (κ2) is 5.23. The highest BCUT2D eigenvalue weighted by molar-refractivity contribution is 4.90. The summed E-state index contributed by atoms with van der Waals surface area (Å²) in [6.07, 6.45) is 4.03. The minimum atomic E-state index is -1.31. The van der Waals surface area contributed by atoms with Crippen LogP contribution < -0.4 is 0 Å². The van der Waals surface area contributed by atoms with E-state index in [0.29, 0.717) is 25.7 Å². The van der Waals surface area contributed by atoms with Crippen molar-refractivity contribution in [1.82, 2.24) is 0 Å². The summed E-state index contributed by atoms with van der Waals surface area (Å²) in [5.74, 6) is 0. The Hall–Kier alpha value is -1.20. The summed E-state index contributed by atoms with van der Waals surface area (Å²) in [4.78, 5) is 21.4. The van der Waals surface area contributed by atoms with Crippen molar-refractivity contribution in [2.24, 2.45) is 0 Å². The van der Waals surface area contributed by atoms with Gasteiger partial charge in [0.15, 0.2) is 0 Å². The Balaban J connectivity index is 2.96. The van der Waals surface area contributed by atoms with Crippen molar-refractivity contribution in [1.29, 1.82) is 0 Å². The summed E-state index contributed by atoms with van der Waals surface area (Å²) in [6, 6.07) is -1.02. The van der Waals surface area contributed by atoms with E-state index in [-0.39, 0.29) is 0 Å². The first-order valence-corrected chi connectivity index (χ1v) is 5.82. The van der Waals surface area contributed by atoms with Gasteiger partial charge in [-0.3, -0.25) is 20.2 Å². The van der Waals surface area contributed by atoms with E-state index in [2.05, 4.69) is 0 Å². The third kappa shape index (κ3) is 2.31. The van der Waals surface area contributed by atoms with Crippen LogP contribution in [0.2, 0.25) is 0 Å². The first-order valence-electron chi connectivity index (χ1n) is 5.82. The van der Waals surface area contributed by atoms with Crippen LogP contribution >= 0.6 is 0 Å². The van der Waals surface area contributed by atoms with Gasteiger partial charge in [0.25, 0.3) is 11.6 Å². The van der Waals surface area contributed by atoms with Crippen molar-refractivity contribution in [3.05, 3.63) is 20.2 Å². The van der Waals surface area contributed by atoms with Crippen LogP contribution in [0.1, 0.15) is 51.9 Å². The fourth-order valence-electron chi connectivity index (χ4n) is 2.65. The van der Waals surface area contributed by atoms with Gasteiger partial charge in [-0.1, -0.05) is 13.3 Å². The highest BCUT2D eigenvalue weighted by Crippen LogP contribution is 2.36. The molecule has 0 aromatic heterocycles. The van der Waals surface area contributed by atoms with E-state index in [1.165, 1.54) is 0 Å². The topological polar surface area (TPSA) is 86.3 Å². The number of hydrogen-bond acceptors (Lipinski definition) is 4. The minimum absolute atomic E-state index is 0.300. The molecule has 1 unspecified atom stereocenters. The lowest BCUT2D eigenvalue weighted by atomic mass is 9.75. The second-order valence-electron chi connectivity index (χ2n) is 4.51. The van der Waals surface area contributed by atoms with Crippen molar-refractivity contribution >= 4 is 0 Å². The lowest BCUT2D eigenvalue weighted by molar-refractivity contribution is -0.657. The minimum Gasteiger partial charge on any atom is -0.264 e. The molecule has 1 atom stereocenters. The van der Waals surface area contributed by atoms with Gasteiger partial charge in [-0.2, -0.15) is 0 Å². The maximum Gasteiger partial charge on any atom is 0.287 e. The molecule has 1 aliphatic carbocycles. The zero-order chi connectivity index (χ0) is 12.2. The molecule has 1 fully saturated rings. The molecule has 0 radical (unpaired) electrons. The van der Waals surface area contributed by atoms with E-state index in [0.717, 1.165) is 19.3 Å². The second-order valence-corrected chi connectivity index (χ2v) is 4.51. The third-order valence-electron chi connectivity index (χ3n) is 3.52. The Bertz CT molecular complexity index is 274. The fraction of sp³-hybridized carbons (Fsp3) is 1.00. The average molecular weight is 230 g/mol. The molecule has 0 amide bonds. The van der Waals surface area contributed by atoms with Gasteiger partial charge >= 0.3 is 0 Å². The number of nitrogens with zero attached hydrogens (tertiary/aromatic N) is 2. The third-order valence-corrected chi connectivity index (χ3v) is 3.52. The van der Waals surface area contributed by atoms with E-state index in [4.69, 9.17) is 0 Å². The molecule has 0 saturated heterocycles. The van der Waals surface area contributed by atoms with Crippen molar-refractivity contribution in [2.75, 3.05) is 0 Å². The van der Waals surface area contributed by atoms with Gasteiger partial charge in [0.2, 0.25) is 0 Å². The van der Waals surface area contributed by atoms with Crippen LogP contribution in [0, 0.1) is 20.2 Å². The van der Waals surface area contributed by atoms with Crippen LogP contribution in [0.15, 0.2) is 0 Å². The summed E-state index contributed by atoms with van der Waals surface area (Å²) in [5.41, 5.74) is -1.31. The van der Waals surface area contributed by atoms with Crippen molar-refractivity contribution in [2.45, 2.75) is 63.5 Å². The lowest BCUT2D eigenvalue weighted by Gasteiger charge is -2.30. The number of nitro groups is 2. The van der Waals surface area contributed by atoms with Crippen molar-refractivity contribution in [3.8, 4) is 0 Å². The van der Waals surface area contributed by atoms with Gasteiger partial charge in [0.1, 0.15) is 0 Å². The Morgan fingerprint density at radius 2 is 1.75 bits per heavy atom. The maximum absolute atomic E-state index is 11.2. The van der Waals surface area contributed by atoms with Gasteiger partial charge in [-0.05, 0) is 19.3 Å². The standard InChI is InChI=1S/C10H18N2O4/c1-2-6-9(11(13)14)10(12(15)16)7-4-3-5-8-10/h9H,2-8H2,1H3. The molecule has 0 bridgehead atoms. The van der Waals surface area contributed by atoms with Crippen LogP contribution in [-0.4, -0.2) is 21.4 Å². The Kier molecular flexibility index (Phi) is 4.20. The summed E-state index contributed by atoms with van der Waals surface area (Å²) in [5, 5.41) is 22.2. The molecule has 0 N–H and O–H groups in total. The smallest absolute Gasteiger partial charge is 0.264 e. The Morgan fingerprint density at radius 1 is 1.19 bits per heavy atom. The SMILES string of the molecule is CCCC([N+](=O)[O-])C1([N+](=O)[O-])CCCCC1. The molecule has 1 saturated carbocycles. The molecule has 16 heavy (non-hydrogen) atoms. The van der Waals surface area contributed by atoms with Crippen LogP contribution in [0.5, 0.6) is 0 Å². The monoisotopic (exact) mass is 230 g/mol. The van der Waals surface area contributed by atoms with Crippen molar-refractivity contribution < 1.29 is 9.85 Å². The van der Waals surface area contributed by atoms with E-state index < -0.39 is 21.4 Å². The summed E-state index contributed by atoms with van der Waals surface area (Å²) in [6.45, 7) is 1.83. The van der Waals surface area contributed by atoms with Crippen LogP contribution in [0.3, 0.4) is 0 Å². The predicted octanol–water partition coefficient (Wildman–Crippen LogP) is 2.41. The molecule has 92 valence electrons. The molecule has 0 aliphatic heterocycles. The van der Waals surface area contributed by atoms with E-state index in [1.807, 2.05) is 6.92 Å². The summed E-state index contributed by atoms with van der Waals surface area (Å²) in [7, 11) is 0. The van der Waals surface area contributed by atoms with Crippen LogP contribution in [0.4, 0.5) is 0 Å². The van der Waals surface area contributed by atoms with Gasteiger partial charge in [-0.25, -0.2) is 0 Å².